The molecule has 0 radical (unpaired) electrons. The second-order valence-electron chi connectivity index (χ2n) is 6.04. The maximum absolute atomic E-state index is 11.9. The summed E-state index contributed by atoms with van der Waals surface area (Å²) in [5, 5.41) is 9.56. The van der Waals surface area contributed by atoms with Crippen molar-refractivity contribution in [1.29, 1.82) is 0 Å². The Morgan fingerprint density at radius 3 is 2.83 bits per heavy atom. The zero-order chi connectivity index (χ0) is 12.5. The number of epoxide rings is 1. The molecule has 1 heterocycles. The van der Waals surface area contributed by atoms with Crippen LogP contribution in [0, 0.1) is 11.8 Å². The van der Waals surface area contributed by atoms with E-state index in [1.54, 1.807) is 0 Å². The van der Waals surface area contributed by atoms with Crippen LogP contribution in [0.15, 0.2) is 0 Å². The van der Waals surface area contributed by atoms with Crippen LogP contribution in [0.4, 0.5) is 0 Å². The Bertz CT molecular complexity index is 317. The molecular formula is C14H22O4. The average Bonchev–Trinajstić information content (AvgIpc) is 3.14. The van der Waals surface area contributed by atoms with Crippen LogP contribution in [0.3, 0.4) is 0 Å². The van der Waals surface area contributed by atoms with Gasteiger partial charge in [0, 0.05) is 0 Å². The molecule has 1 N–H and O–H groups in total. The number of ether oxygens (including phenoxy) is 2. The van der Waals surface area contributed by atoms with E-state index in [0.717, 1.165) is 38.5 Å². The highest BCUT2D eigenvalue weighted by Crippen LogP contribution is 2.39. The molecule has 3 rings (SSSR count). The summed E-state index contributed by atoms with van der Waals surface area (Å²) in [5.74, 6) is 0.293. The first kappa shape index (κ1) is 12.4. The van der Waals surface area contributed by atoms with Crippen molar-refractivity contribution < 1.29 is 19.4 Å². The molecule has 0 aromatic heterocycles. The summed E-state index contributed by atoms with van der Waals surface area (Å²) in [4.78, 5) is 11.9. The van der Waals surface area contributed by atoms with E-state index in [-0.39, 0.29) is 18.0 Å². The van der Waals surface area contributed by atoms with E-state index in [2.05, 4.69) is 0 Å². The monoisotopic (exact) mass is 254 g/mol. The molecular weight excluding hydrogens is 232 g/mol. The fourth-order valence-electron chi connectivity index (χ4n) is 3.33. The van der Waals surface area contributed by atoms with Crippen molar-refractivity contribution in [2.45, 2.75) is 63.3 Å². The highest BCUT2D eigenvalue weighted by atomic mass is 16.6. The molecule has 0 amide bonds. The van der Waals surface area contributed by atoms with Crippen LogP contribution < -0.4 is 0 Å². The van der Waals surface area contributed by atoms with Gasteiger partial charge in [-0.05, 0) is 44.4 Å². The molecule has 102 valence electrons. The molecule has 2 aliphatic carbocycles. The Hall–Kier alpha value is -0.610. The first-order chi connectivity index (χ1) is 8.72. The standard InChI is InChI=1S/C14H22O4/c15-11-3-1-2-10(7-11)14(16)17-8-9-4-5-12-13(6-9)18-12/h9-13,15H,1-8H2. The summed E-state index contributed by atoms with van der Waals surface area (Å²) >= 11 is 0. The van der Waals surface area contributed by atoms with E-state index in [9.17, 15) is 9.90 Å². The topological polar surface area (TPSA) is 59.1 Å². The Kier molecular flexibility index (Phi) is 3.57. The minimum absolute atomic E-state index is 0.0812. The molecule has 3 fully saturated rings. The Balaban J connectivity index is 1.40. The van der Waals surface area contributed by atoms with Crippen LogP contribution >= 0.6 is 0 Å². The fourth-order valence-corrected chi connectivity index (χ4v) is 3.33. The predicted molar refractivity (Wildman–Crippen MR) is 64.9 cm³/mol. The number of carbonyl (C=O) groups excluding carboxylic acids is 1. The van der Waals surface area contributed by atoms with E-state index in [4.69, 9.17) is 9.47 Å². The number of carbonyl (C=O) groups is 1. The summed E-state index contributed by atoms with van der Waals surface area (Å²) < 4.78 is 10.9. The second-order valence-corrected chi connectivity index (χ2v) is 6.04. The quantitative estimate of drug-likeness (QED) is 0.614. The smallest absolute Gasteiger partial charge is 0.309 e. The van der Waals surface area contributed by atoms with Gasteiger partial charge in [-0.25, -0.2) is 0 Å². The van der Waals surface area contributed by atoms with Gasteiger partial charge in [0.2, 0.25) is 0 Å². The van der Waals surface area contributed by atoms with Crippen molar-refractivity contribution in [2.75, 3.05) is 6.61 Å². The van der Waals surface area contributed by atoms with Crippen LogP contribution in [-0.2, 0) is 14.3 Å². The summed E-state index contributed by atoms with van der Waals surface area (Å²) in [5.41, 5.74) is 0. The van der Waals surface area contributed by atoms with E-state index in [0.29, 0.717) is 31.2 Å². The third kappa shape index (κ3) is 2.86. The highest BCUT2D eigenvalue weighted by molar-refractivity contribution is 5.72. The normalized spacial score (nSPS) is 43.1. The van der Waals surface area contributed by atoms with Crippen LogP contribution in [-0.4, -0.2) is 36.0 Å². The minimum Gasteiger partial charge on any atom is -0.465 e. The van der Waals surface area contributed by atoms with Crippen LogP contribution in [0.2, 0.25) is 0 Å². The maximum Gasteiger partial charge on any atom is 0.309 e. The summed E-state index contributed by atoms with van der Waals surface area (Å²) in [6.07, 6.45) is 7.12. The lowest BCUT2D eigenvalue weighted by atomic mass is 9.87. The molecule has 1 saturated heterocycles. The first-order valence-electron chi connectivity index (χ1n) is 7.22. The number of fused-ring (bicyclic) bond motifs is 1. The third-order valence-electron chi connectivity index (χ3n) is 4.55. The fraction of sp³-hybridized carbons (Fsp3) is 0.929. The molecule has 0 bridgehead atoms. The number of hydrogen-bond acceptors (Lipinski definition) is 4. The molecule has 0 spiro atoms. The Labute approximate surface area is 108 Å². The number of esters is 1. The molecule has 0 aromatic rings. The number of rotatable bonds is 3. The minimum atomic E-state index is -0.313. The van der Waals surface area contributed by atoms with Crippen molar-refractivity contribution in [1.82, 2.24) is 0 Å². The summed E-state index contributed by atoms with van der Waals surface area (Å²) in [6.45, 7) is 0.540. The van der Waals surface area contributed by atoms with E-state index in [1.165, 1.54) is 0 Å². The first-order valence-corrected chi connectivity index (χ1v) is 7.22. The zero-order valence-electron chi connectivity index (χ0n) is 10.7. The summed E-state index contributed by atoms with van der Waals surface area (Å²) in [7, 11) is 0. The van der Waals surface area contributed by atoms with Crippen molar-refractivity contribution in [3.8, 4) is 0 Å². The maximum atomic E-state index is 11.9. The van der Waals surface area contributed by atoms with Gasteiger partial charge in [-0.1, -0.05) is 6.42 Å². The molecule has 1 aliphatic heterocycles. The van der Waals surface area contributed by atoms with Gasteiger partial charge in [-0.15, -0.1) is 0 Å². The van der Waals surface area contributed by atoms with Crippen molar-refractivity contribution >= 4 is 5.97 Å². The van der Waals surface area contributed by atoms with Gasteiger partial charge in [0.15, 0.2) is 0 Å². The highest BCUT2D eigenvalue weighted by Gasteiger charge is 2.44. The molecule has 0 aromatic carbocycles. The third-order valence-corrected chi connectivity index (χ3v) is 4.55. The molecule has 2 saturated carbocycles. The summed E-state index contributed by atoms with van der Waals surface area (Å²) in [6, 6.07) is 0. The van der Waals surface area contributed by atoms with Gasteiger partial charge in [-0.3, -0.25) is 4.79 Å². The number of hydrogen-bond donors (Lipinski definition) is 1. The lowest BCUT2D eigenvalue weighted by Gasteiger charge is -2.25. The lowest BCUT2D eigenvalue weighted by molar-refractivity contribution is -0.152. The average molecular weight is 254 g/mol. The molecule has 3 aliphatic rings. The van der Waals surface area contributed by atoms with Gasteiger partial charge in [-0.2, -0.15) is 0 Å². The molecule has 5 unspecified atom stereocenters. The molecule has 5 atom stereocenters. The number of aliphatic hydroxyl groups is 1. The van der Waals surface area contributed by atoms with Gasteiger partial charge < -0.3 is 14.6 Å². The zero-order valence-corrected chi connectivity index (χ0v) is 10.7. The van der Waals surface area contributed by atoms with Crippen LogP contribution in [0.1, 0.15) is 44.9 Å². The van der Waals surface area contributed by atoms with Gasteiger partial charge in [0.25, 0.3) is 0 Å². The van der Waals surface area contributed by atoms with Crippen LogP contribution in [0.5, 0.6) is 0 Å². The largest absolute Gasteiger partial charge is 0.465 e. The van der Waals surface area contributed by atoms with Gasteiger partial charge >= 0.3 is 5.97 Å². The van der Waals surface area contributed by atoms with Gasteiger partial charge in [0.1, 0.15) is 0 Å². The predicted octanol–water partition coefficient (Wildman–Crippen LogP) is 1.65. The second kappa shape index (κ2) is 5.17. The van der Waals surface area contributed by atoms with Crippen LogP contribution in [0.25, 0.3) is 0 Å². The van der Waals surface area contributed by atoms with Crippen molar-refractivity contribution in [3.63, 3.8) is 0 Å². The Morgan fingerprint density at radius 2 is 2.06 bits per heavy atom. The van der Waals surface area contributed by atoms with E-state index < -0.39 is 0 Å². The molecule has 4 nitrogen and oxygen atoms in total. The Morgan fingerprint density at radius 1 is 1.17 bits per heavy atom. The SMILES string of the molecule is O=C(OCC1CCC2OC2C1)C1CCCC(O)C1. The number of aliphatic hydroxyl groups excluding tert-OH is 1. The van der Waals surface area contributed by atoms with E-state index in [1.807, 2.05) is 0 Å². The van der Waals surface area contributed by atoms with E-state index >= 15 is 0 Å². The van der Waals surface area contributed by atoms with Crippen molar-refractivity contribution in [2.24, 2.45) is 11.8 Å². The van der Waals surface area contributed by atoms with Crippen molar-refractivity contribution in [3.05, 3.63) is 0 Å². The lowest BCUT2D eigenvalue weighted by Crippen LogP contribution is -2.29. The molecule has 4 heteroatoms. The van der Waals surface area contributed by atoms with Gasteiger partial charge in [0.05, 0.1) is 30.8 Å². The molecule has 18 heavy (non-hydrogen) atoms.